The van der Waals surface area contributed by atoms with E-state index in [1.807, 2.05) is 60.7 Å². The number of ether oxygens (including phenoxy) is 2. The molecule has 2 aliphatic rings. The van der Waals surface area contributed by atoms with Gasteiger partial charge in [-0.25, -0.2) is 10.9 Å². The zero-order chi connectivity index (χ0) is 25.1. The molecule has 3 aromatic rings. The first-order valence-electron chi connectivity index (χ1n) is 12.1. The first kappa shape index (κ1) is 24.6. The van der Waals surface area contributed by atoms with Crippen molar-refractivity contribution in [2.75, 3.05) is 14.2 Å². The third-order valence-corrected chi connectivity index (χ3v) is 7.44. The number of carbonyl (C=O) groups excluding carboxylic acids is 1. The van der Waals surface area contributed by atoms with Gasteiger partial charge in [-0.15, -0.1) is 0 Å². The summed E-state index contributed by atoms with van der Waals surface area (Å²) in [6.07, 6.45) is 0.587. The summed E-state index contributed by atoms with van der Waals surface area (Å²) in [6.45, 7) is 0.441. The molecular formula is C28H31ClN4O3. The normalized spacial score (nSPS) is 25.1. The van der Waals surface area contributed by atoms with Gasteiger partial charge in [0.15, 0.2) is 0 Å². The second kappa shape index (κ2) is 10.9. The molecule has 2 heterocycles. The Bertz CT molecular complexity index is 1190. The van der Waals surface area contributed by atoms with E-state index in [9.17, 15) is 4.79 Å². The van der Waals surface area contributed by atoms with E-state index >= 15 is 0 Å². The second-order valence-corrected chi connectivity index (χ2v) is 9.71. The van der Waals surface area contributed by atoms with Crippen LogP contribution in [0.1, 0.15) is 35.2 Å². The Morgan fingerprint density at radius 3 is 2.39 bits per heavy atom. The summed E-state index contributed by atoms with van der Waals surface area (Å²) in [7, 11) is 3.30. The highest BCUT2D eigenvalue weighted by atomic mass is 35.5. The van der Waals surface area contributed by atoms with E-state index in [1.54, 1.807) is 14.2 Å². The summed E-state index contributed by atoms with van der Waals surface area (Å²) < 4.78 is 10.7. The largest absolute Gasteiger partial charge is 0.497 e. The predicted octanol–water partition coefficient (Wildman–Crippen LogP) is 4.12. The van der Waals surface area contributed by atoms with Crippen LogP contribution >= 0.6 is 11.6 Å². The Hall–Kier alpha value is -3.10. The molecule has 5 atom stereocenters. The minimum Gasteiger partial charge on any atom is -0.497 e. The van der Waals surface area contributed by atoms with Gasteiger partial charge in [0.05, 0.1) is 26.4 Å². The van der Waals surface area contributed by atoms with Crippen molar-refractivity contribution < 1.29 is 14.3 Å². The van der Waals surface area contributed by atoms with Crippen molar-refractivity contribution in [1.29, 1.82) is 0 Å². The first-order valence-corrected chi connectivity index (χ1v) is 12.5. The van der Waals surface area contributed by atoms with Gasteiger partial charge in [-0.05, 0) is 59.5 Å². The van der Waals surface area contributed by atoms with Crippen LogP contribution in [0.25, 0.3) is 0 Å². The van der Waals surface area contributed by atoms with Gasteiger partial charge in [0, 0.05) is 29.4 Å². The SMILES string of the molecule is COc1ccc(C2CC(C(=O)NCc3cccc(OC)c3)C3C(NNC3c3ccc(Cl)cc3)N2)cc1. The number of fused-ring (bicyclic) bond motifs is 1. The molecule has 7 nitrogen and oxygen atoms in total. The molecule has 5 rings (SSSR count). The molecule has 3 aromatic carbocycles. The molecule has 188 valence electrons. The maximum atomic E-state index is 13.7. The molecule has 36 heavy (non-hydrogen) atoms. The van der Waals surface area contributed by atoms with Crippen LogP contribution in [0.3, 0.4) is 0 Å². The van der Waals surface area contributed by atoms with E-state index < -0.39 is 0 Å². The number of nitrogens with one attached hydrogen (secondary N) is 4. The average molecular weight is 507 g/mol. The van der Waals surface area contributed by atoms with Crippen molar-refractivity contribution in [2.24, 2.45) is 11.8 Å². The molecule has 0 aromatic heterocycles. The molecule has 5 unspecified atom stereocenters. The minimum atomic E-state index is -0.225. The highest BCUT2D eigenvalue weighted by Crippen LogP contribution is 2.42. The van der Waals surface area contributed by atoms with Gasteiger partial charge in [0.1, 0.15) is 11.5 Å². The van der Waals surface area contributed by atoms with E-state index in [4.69, 9.17) is 21.1 Å². The van der Waals surface area contributed by atoms with E-state index in [2.05, 4.69) is 33.6 Å². The van der Waals surface area contributed by atoms with Crippen molar-refractivity contribution in [3.8, 4) is 11.5 Å². The average Bonchev–Trinajstić information content (AvgIpc) is 3.36. The molecule has 0 bridgehead atoms. The van der Waals surface area contributed by atoms with Crippen molar-refractivity contribution in [2.45, 2.75) is 31.2 Å². The van der Waals surface area contributed by atoms with Gasteiger partial charge >= 0.3 is 0 Å². The zero-order valence-corrected chi connectivity index (χ0v) is 21.1. The van der Waals surface area contributed by atoms with Crippen LogP contribution in [0.2, 0.25) is 5.02 Å². The summed E-state index contributed by atoms with van der Waals surface area (Å²) in [4.78, 5) is 13.7. The van der Waals surface area contributed by atoms with Gasteiger partial charge in [-0.2, -0.15) is 0 Å². The quantitative estimate of drug-likeness (QED) is 0.386. The standard InChI is InChI=1S/C28H31ClN4O3/c1-35-21-12-8-18(9-13-21)24-15-23(28(34)30-16-17-4-3-5-22(14-17)36-2)25-26(32-33-27(25)31-24)19-6-10-20(29)11-7-19/h3-14,23-27,31-33H,15-16H2,1-2H3,(H,30,34). The van der Waals surface area contributed by atoms with Gasteiger partial charge in [0.2, 0.25) is 5.91 Å². The molecule has 0 radical (unpaired) electrons. The number of amides is 1. The third-order valence-electron chi connectivity index (χ3n) is 7.18. The van der Waals surface area contributed by atoms with Crippen molar-refractivity contribution >= 4 is 17.5 Å². The van der Waals surface area contributed by atoms with Crippen molar-refractivity contribution in [1.82, 2.24) is 21.5 Å². The molecule has 4 N–H and O–H groups in total. The maximum Gasteiger partial charge on any atom is 0.223 e. The summed E-state index contributed by atoms with van der Waals surface area (Å²) in [5.74, 6) is 1.40. The van der Waals surface area contributed by atoms with Crippen LogP contribution in [-0.4, -0.2) is 26.3 Å². The Kier molecular flexibility index (Phi) is 7.43. The fraction of sp³-hybridized carbons (Fsp3) is 0.321. The first-order chi connectivity index (χ1) is 17.6. The van der Waals surface area contributed by atoms with Crippen LogP contribution in [0.15, 0.2) is 72.8 Å². The van der Waals surface area contributed by atoms with E-state index in [0.29, 0.717) is 18.0 Å². The lowest BCUT2D eigenvalue weighted by Gasteiger charge is -2.40. The minimum absolute atomic E-state index is 0.00554. The smallest absolute Gasteiger partial charge is 0.223 e. The second-order valence-electron chi connectivity index (χ2n) is 9.28. The predicted molar refractivity (Wildman–Crippen MR) is 140 cm³/mol. The third kappa shape index (κ3) is 5.20. The molecule has 2 saturated heterocycles. The van der Waals surface area contributed by atoms with Crippen LogP contribution in [0.4, 0.5) is 0 Å². The lowest BCUT2D eigenvalue weighted by atomic mass is 9.74. The van der Waals surface area contributed by atoms with Crippen molar-refractivity contribution in [3.05, 3.63) is 94.5 Å². The molecule has 1 amide bonds. The summed E-state index contributed by atoms with van der Waals surface area (Å²) in [5, 5.41) is 7.59. The molecule has 0 spiro atoms. The number of hydrogen-bond donors (Lipinski definition) is 4. The van der Waals surface area contributed by atoms with E-state index in [1.165, 1.54) is 0 Å². The Morgan fingerprint density at radius 2 is 1.67 bits per heavy atom. The Balaban J connectivity index is 1.39. The lowest BCUT2D eigenvalue weighted by molar-refractivity contribution is -0.129. The van der Waals surface area contributed by atoms with Crippen LogP contribution in [-0.2, 0) is 11.3 Å². The number of halogens is 1. The highest BCUT2D eigenvalue weighted by molar-refractivity contribution is 6.30. The molecular weight excluding hydrogens is 476 g/mol. The van der Waals surface area contributed by atoms with Crippen molar-refractivity contribution in [3.63, 3.8) is 0 Å². The molecule has 0 saturated carbocycles. The number of methoxy groups -OCH3 is 2. The fourth-order valence-corrected chi connectivity index (χ4v) is 5.43. The number of hydrazine groups is 1. The molecule has 2 fully saturated rings. The molecule has 0 aliphatic carbocycles. The van der Waals surface area contributed by atoms with Gasteiger partial charge in [0.25, 0.3) is 0 Å². The number of benzene rings is 3. The maximum absolute atomic E-state index is 13.7. The van der Waals surface area contributed by atoms with Gasteiger partial charge < -0.3 is 14.8 Å². The fourth-order valence-electron chi connectivity index (χ4n) is 5.31. The molecule has 8 heteroatoms. The van der Waals surface area contributed by atoms with Gasteiger partial charge in [-0.3, -0.25) is 10.1 Å². The summed E-state index contributed by atoms with van der Waals surface area (Å²) >= 11 is 6.13. The Morgan fingerprint density at radius 1 is 0.944 bits per heavy atom. The monoisotopic (exact) mass is 506 g/mol. The zero-order valence-electron chi connectivity index (χ0n) is 20.3. The number of carbonyl (C=O) groups is 1. The van der Waals surface area contributed by atoms with Gasteiger partial charge in [-0.1, -0.05) is 48.0 Å². The highest BCUT2D eigenvalue weighted by Gasteiger charge is 2.49. The van der Waals surface area contributed by atoms with Crippen LogP contribution in [0.5, 0.6) is 11.5 Å². The van der Waals surface area contributed by atoms with Crippen LogP contribution in [0, 0.1) is 11.8 Å². The van der Waals surface area contributed by atoms with Crippen LogP contribution < -0.4 is 31.0 Å². The Labute approximate surface area is 216 Å². The summed E-state index contributed by atoms with van der Waals surface area (Å²) in [6, 6.07) is 23.6. The lowest BCUT2D eigenvalue weighted by Crippen LogP contribution is -2.54. The van der Waals surface area contributed by atoms with E-state index in [-0.39, 0.29) is 36.0 Å². The number of rotatable bonds is 7. The summed E-state index contributed by atoms with van der Waals surface area (Å²) in [5.41, 5.74) is 10.0. The van der Waals surface area contributed by atoms with E-state index in [0.717, 1.165) is 28.2 Å². The number of piperidine rings is 1. The molecule has 2 aliphatic heterocycles. The topological polar surface area (TPSA) is 83.7 Å². The number of hydrogen-bond acceptors (Lipinski definition) is 6.